The van der Waals surface area contributed by atoms with Crippen molar-refractivity contribution in [1.29, 1.82) is 0 Å². The molecular weight excluding hydrogens is 310 g/mol. The van der Waals surface area contributed by atoms with Gasteiger partial charge in [0, 0.05) is 4.88 Å². The van der Waals surface area contributed by atoms with E-state index < -0.39 is 5.97 Å². The number of esters is 1. The van der Waals surface area contributed by atoms with Gasteiger partial charge in [-0.1, -0.05) is 37.3 Å². The molecule has 0 saturated heterocycles. The summed E-state index contributed by atoms with van der Waals surface area (Å²) in [4.78, 5) is 25.7. The van der Waals surface area contributed by atoms with E-state index in [0.29, 0.717) is 17.0 Å². The molecule has 122 valence electrons. The van der Waals surface area contributed by atoms with Gasteiger partial charge < -0.3 is 10.1 Å². The average molecular weight is 331 g/mol. The zero-order valence-electron chi connectivity index (χ0n) is 13.8. The third-order valence-electron chi connectivity index (χ3n) is 3.94. The van der Waals surface area contributed by atoms with Crippen LogP contribution in [0.1, 0.15) is 45.6 Å². The van der Waals surface area contributed by atoms with Gasteiger partial charge in [-0.25, -0.2) is 4.79 Å². The molecule has 1 aromatic heterocycles. The summed E-state index contributed by atoms with van der Waals surface area (Å²) in [5.41, 5.74) is 2.27. The molecule has 1 heterocycles. The molecule has 4 nitrogen and oxygen atoms in total. The number of hydrogen-bond donors (Lipinski definition) is 1. The Balaban J connectivity index is 2.30. The number of amides is 1. The lowest BCUT2D eigenvalue weighted by Gasteiger charge is -2.15. The van der Waals surface area contributed by atoms with E-state index in [4.69, 9.17) is 4.74 Å². The summed E-state index contributed by atoms with van der Waals surface area (Å²) < 4.78 is 4.84. The van der Waals surface area contributed by atoms with Crippen LogP contribution >= 0.6 is 11.3 Å². The van der Waals surface area contributed by atoms with Crippen molar-refractivity contribution in [2.24, 2.45) is 0 Å². The average Bonchev–Trinajstić information content (AvgIpc) is 2.82. The van der Waals surface area contributed by atoms with Crippen LogP contribution in [0.15, 0.2) is 30.3 Å². The van der Waals surface area contributed by atoms with Crippen molar-refractivity contribution in [3.05, 3.63) is 51.9 Å². The molecule has 0 spiro atoms. The second kappa shape index (κ2) is 7.42. The van der Waals surface area contributed by atoms with E-state index in [1.54, 1.807) is 0 Å². The van der Waals surface area contributed by atoms with Crippen LogP contribution < -0.4 is 5.32 Å². The minimum atomic E-state index is -0.421. The fourth-order valence-corrected chi connectivity index (χ4v) is 3.57. The highest BCUT2D eigenvalue weighted by atomic mass is 32.1. The summed E-state index contributed by atoms with van der Waals surface area (Å²) in [5.74, 6) is -0.774. The van der Waals surface area contributed by atoms with Gasteiger partial charge in [-0.05, 0) is 31.4 Å². The number of anilines is 1. The Morgan fingerprint density at radius 1 is 1.22 bits per heavy atom. The molecule has 2 rings (SSSR count). The summed E-state index contributed by atoms with van der Waals surface area (Å²) in [6.45, 7) is 5.77. The van der Waals surface area contributed by atoms with E-state index in [0.717, 1.165) is 16.0 Å². The van der Waals surface area contributed by atoms with E-state index in [9.17, 15) is 9.59 Å². The number of nitrogens with one attached hydrogen (secondary N) is 1. The summed E-state index contributed by atoms with van der Waals surface area (Å²) in [7, 11) is 1.35. The smallest absolute Gasteiger partial charge is 0.341 e. The highest BCUT2D eigenvalue weighted by Gasteiger charge is 2.24. The summed E-state index contributed by atoms with van der Waals surface area (Å²) in [5, 5.41) is 3.48. The van der Waals surface area contributed by atoms with Gasteiger partial charge in [0.05, 0.1) is 18.6 Å². The van der Waals surface area contributed by atoms with Gasteiger partial charge in [-0.15, -0.1) is 11.3 Å². The second-order valence-corrected chi connectivity index (χ2v) is 6.56. The number of thiophene rings is 1. The highest BCUT2D eigenvalue weighted by Crippen LogP contribution is 2.34. The standard InChI is InChI=1S/C18H21NO3S/c1-5-14(13-9-7-6-8-10-13)16(20)19-17-15(18(21)22-4)11(2)12(3)23-17/h6-10,14H,5H2,1-4H3,(H,19,20)/t14-/m0/s1. The van der Waals surface area contributed by atoms with E-state index in [2.05, 4.69) is 5.32 Å². The first kappa shape index (κ1) is 17.2. The zero-order chi connectivity index (χ0) is 17.0. The number of carbonyl (C=O) groups is 2. The van der Waals surface area contributed by atoms with Crippen molar-refractivity contribution < 1.29 is 14.3 Å². The number of ether oxygens (including phenoxy) is 1. The van der Waals surface area contributed by atoms with E-state index in [1.807, 2.05) is 51.1 Å². The third kappa shape index (κ3) is 3.62. The number of rotatable bonds is 5. The SMILES string of the molecule is CC[C@H](C(=O)Nc1sc(C)c(C)c1C(=O)OC)c1ccccc1. The van der Waals surface area contributed by atoms with Gasteiger partial charge in [-0.3, -0.25) is 4.79 Å². The van der Waals surface area contributed by atoms with Gasteiger partial charge in [0.25, 0.3) is 0 Å². The lowest BCUT2D eigenvalue weighted by atomic mass is 9.95. The molecule has 0 bridgehead atoms. The predicted octanol–water partition coefficient (Wildman–Crippen LogP) is 4.28. The van der Waals surface area contributed by atoms with Crippen LogP contribution in [0.3, 0.4) is 0 Å². The molecule has 1 N–H and O–H groups in total. The molecule has 1 atom stereocenters. The number of aryl methyl sites for hydroxylation is 1. The third-order valence-corrected chi connectivity index (χ3v) is 5.06. The molecule has 0 aliphatic carbocycles. The maximum atomic E-state index is 12.7. The molecule has 0 aliphatic heterocycles. The van der Waals surface area contributed by atoms with Gasteiger partial charge in [-0.2, -0.15) is 0 Å². The van der Waals surface area contributed by atoms with Crippen LogP contribution in [-0.2, 0) is 9.53 Å². The zero-order valence-corrected chi connectivity index (χ0v) is 14.6. The van der Waals surface area contributed by atoms with Crippen molar-refractivity contribution in [3.63, 3.8) is 0 Å². The Morgan fingerprint density at radius 3 is 2.43 bits per heavy atom. The van der Waals surface area contributed by atoms with Crippen molar-refractivity contribution >= 4 is 28.2 Å². The Kier molecular flexibility index (Phi) is 5.55. The Hall–Kier alpha value is -2.14. The quantitative estimate of drug-likeness (QED) is 0.832. The molecule has 1 amide bonds. The van der Waals surface area contributed by atoms with Crippen LogP contribution in [0.5, 0.6) is 0 Å². The van der Waals surface area contributed by atoms with E-state index >= 15 is 0 Å². The highest BCUT2D eigenvalue weighted by molar-refractivity contribution is 7.16. The minimum Gasteiger partial charge on any atom is -0.465 e. The predicted molar refractivity (Wildman–Crippen MR) is 93.2 cm³/mol. The summed E-state index contributed by atoms with van der Waals surface area (Å²) >= 11 is 1.40. The van der Waals surface area contributed by atoms with Crippen LogP contribution in [-0.4, -0.2) is 19.0 Å². The van der Waals surface area contributed by atoms with E-state index in [-0.39, 0.29) is 11.8 Å². The van der Waals surface area contributed by atoms with Crippen LogP contribution in [0, 0.1) is 13.8 Å². The van der Waals surface area contributed by atoms with Crippen molar-refractivity contribution in [3.8, 4) is 0 Å². The fourth-order valence-electron chi connectivity index (χ4n) is 2.52. The summed E-state index contributed by atoms with van der Waals surface area (Å²) in [6, 6.07) is 9.66. The first-order valence-electron chi connectivity index (χ1n) is 7.53. The number of methoxy groups -OCH3 is 1. The van der Waals surface area contributed by atoms with Gasteiger partial charge in [0.1, 0.15) is 5.00 Å². The maximum Gasteiger partial charge on any atom is 0.341 e. The van der Waals surface area contributed by atoms with Gasteiger partial charge in [0.15, 0.2) is 0 Å². The first-order valence-corrected chi connectivity index (χ1v) is 8.35. The normalized spacial score (nSPS) is 11.8. The lowest BCUT2D eigenvalue weighted by molar-refractivity contribution is -0.117. The molecule has 0 fully saturated rings. The second-order valence-electron chi connectivity index (χ2n) is 5.34. The van der Waals surface area contributed by atoms with E-state index in [1.165, 1.54) is 18.4 Å². The molecule has 0 aliphatic rings. The molecule has 0 radical (unpaired) electrons. The van der Waals surface area contributed by atoms with Crippen LogP contribution in [0.2, 0.25) is 0 Å². The molecule has 5 heteroatoms. The molecular formula is C18H21NO3S. The van der Waals surface area contributed by atoms with Crippen LogP contribution in [0.25, 0.3) is 0 Å². The molecule has 23 heavy (non-hydrogen) atoms. The molecule has 2 aromatic rings. The topological polar surface area (TPSA) is 55.4 Å². The molecule has 0 saturated carbocycles. The number of benzene rings is 1. The molecule has 1 aromatic carbocycles. The number of carbonyl (C=O) groups excluding carboxylic acids is 2. The van der Waals surface area contributed by atoms with Crippen LogP contribution in [0.4, 0.5) is 5.00 Å². The van der Waals surface area contributed by atoms with Gasteiger partial charge >= 0.3 is 5.97 Å². The monoisotopic (exact) mass is 331 g/mol. The Morgan fingerprint density at radius 2 is 1.87 bits per heavy atom. The van der Waals surface area contributed by atoms with Gasteiger partial charge in [0.2, 0.25) is 5.91 Å². The van der Waals surface area contributed by atoms with Crippen molar-refractivity contribution in [2.75, 3.05) is 12.4 Å². The fraction of sp³-hybridized carbons (Fsp3) is 0.333. The minimum absolute atomic E-state index is 0.106. The molecule has 0 unspecified atom stereocenters. The lowest BCUT2D eigenvalue weighted by Crippen LogP contribution is -2.21. The van der Waals surface area contributed by atoms with Crippen molar-refractivity contribution in [1.82, 2.24) is 0 Å². The maximum absolute atomic E-state index is 12.7. The summed E-state index contributed by atoms with van der Waals surface area (Å²) in [6.07, 6.45) is 0.687. The Bertz CT molecular complexity index is 707. The first-order chi connectivity index (χ1) is 11.0. The Labute approximate surface area is 140 Å². The van der Waals surface area contributed by atoms with Crippen molar-refractivity contribution in [2.45, 2.75) is 33.1 Å². The number of hydrogen-bond acceptors (Lipinski definition) is 4. The largest absolute Gasteiger partial charge is 0.465 e.